The summed E-state index contributed by atoms with van der Waals surface area (Å²) in [6, 6.07) is 10.4. The van der Waals surface area contributed by atoms with Crippen LogP contribution in [0, 0.1) is 6.92 Å². The molecule has 3 rings (SSSR count). The van der Waals surface area contributed by atoms with Crippen LogP contribution in [0.3, 0.4) is 0 Å². The lowest BCUT2D eigenvalue weighted by molar-refractivity contribution is 1.06. The Morgan fingerprint density at radius 3 is 2.80 bits per heavy atom. The standard InChI is InChI=1S/C12H10N2S/c1-9-4-5-10-11(8-9)15-12(13-10)14-6-2-3-7-14/h2-8H,1H3. The van der Waals surface area contributed by atoms with Gasteiger partial charge in [0.05, 0.1) is 10.2 Å². The summed E-state index contributed by atoms with van der Waals surface area (Å²) in [6.07, 6.45) is 4.04. The Morgan fingerprint density at radius 2 is 2.00 bits per heavy atom. The lowest BCUT2D eigenvalue weighted by Crippen LogP contribution is -1.86. The van der Waals surface area contributed by atoms with Gasteiger partial charge < -0.3 is 4.57 Å². The molecule has 0 radical (unpaired) electrons. The molecule has 3 aromatic rings. The van der Waals surface area contributed by atoms with Crippen molar-refractivity contribution in [3.63, 3.8) is 0 Å². The van der Waals surface area contributed by atoms with Gasteiger partial charge in [0.2, 0.25) is 0 Å². The number of thiazole rings is 1. The van der Waals surface area contributed by atoms with Gasteiger partial charge in [0.25, 0.3) is 0 Å². The van der Waals surface area contributed by atoms with Crippen LogP contribution in [-0.4, -0.2) is 9.55 Å². The fourth-order valence-electron chi connectivity index (χ4n) is 1.59. The summed E-state index contributed by atoms with van der Waals surface area (Å²) in [5.41, 5.74) is 2.36. The molecule has 74 valence electrons. The van der Waals surface area contributed by atoms with Gasteiger partial charge in [-0.1, -0.05) is 17.4 Å². The average Bonchev–Trinajstić information content (AvgIpc) is 2.84. The second-order valence-corrected chi connectivity index (χ2v) is 4.57. The minimum Gasteiger partial charge on any atom is -0.300 e. The highest BCUT2D eigenvalue weighted by molar-refractivity contribution is 7.20. The molecule has 0 aliphatic carbocycles. The van der Waals surface area contributed by atoms with Gasteiger partial charge in [-0.05, 0) is 36.8 Å². The Kier molecular flexibility index (Phi) is 1.86. The summed E-state index contributed by atoms with van der Waals surface area (Å²) < 4.78 is 3.29. The van der Waals surface area contributed by atoms with E-state index in [0.29, 0.717) is 0 Å². The van der Waals surface area contributed by atoms with E-state index >= 15 is 0 Å². The van der Waals surface area contributed by atoms with Crippen molar-refractivity contribution in [1.82, 2.24) is 9.55 Å². The molecule has 0 N–H and O–H groups in total. The Balaban J connectivity index is 2.22. The molecule has 3 heteroatoms. The molecule has 0 spiro atoms. The first-order chi connectivity index (χ1) is 7.33. The van der Waals surface area contributed by atoms with Crippen LogP contribution in [0.4, 0.5) is 0 Å². The van der Waals surface area contributed by atoms with Gasteiger partial charge in [-0.3, -0.25) is 0 Å². The zero-order valence-corrected chi connectivity index (χ0v) is 9.16. The molecule has 0 unspecified atom stereocenters. The lowest BCUT2D eigenvalue weighted by atomic mass is 10.2. The van der Waals surface area contributed by atoms with Gasteiger partial charge in [-0.2, -0.15) is 0 Å². The molecule has 0 atom stereocenters. The normalized spacial score (nSPS) is 11.0. The second kappa shape index (κ2) is 3.21. The summed E-state index contributed by atoms with van der Waals surface area (Å²) in [4.78, 5) is 4.58. The van der Waals surface area contributed by atoms with E-state index in [1.54, 1.807) is 11.3 Å². The third-order valence-corrected chi connectivity index (χ3v) is 3.39. The summed E-state index contributed by atoms with van der Waals surface area (Å²) in [5.74, 6) is 0. The molecule has 0 saturated heterocycles. The quantitative estimate of drug-likeness (QED) is 0.607. The van der Waals surface area contributed by atoms with E-state index < -0.39 is 0 Å². The molecule has 1 aromatic carbocycles. The molecular weight excluding hydrogens is 204 g/mol. The van der Waals surface area contributed by atoms with E-state index in [1.807, 2.05) is 29.1 Å². The molecule has 0 aliphatic heterocycles. The third-order valence-electron chi connectivity index (χ3n) is 2.36. The average molecular weight is 214 g/mol. The van der Waals surface area contributed by atoms with Crippen molar-refractivity contribution in [2.45, 2.75) is 6.92 Å². The number of benzene rings is 1. The smallest absolute Gasteiger partial charge is 0.194 e. The van der Waals surface area contributed by atoms with Crippen LogP contribution in [0.15, 0.2) is 42.7 Å². The first-order valence-electron chi connectivity index (χ1n) is 4.83. The largest absolute Gasteiger partial charge is 0.300 e. The zero-order valence-electron chi connectivity index (χ0n) is 8.34. The first kappa shape index (κ1) is 8.68. The molecule has 0 saturated carbocycles. The maximum Gasteiger partial charge on any atom is 0.194 e. The highest BCUT2D eigenvalue weighted by atomic mass is 32.1. The molecule has 0 aliphatic rings. The van der Waals surface area contributed by atoms with Crippen molar-refractivity contribution >= 4 is 21.6 Å². The highest BCUT2D eigenvalue weighted by Crippen LogP contribution is 2.25. The Labute approximate surface area is 91.8 Å². The first-order valence-corrected chi connectivity index (χ1v) is 5.65. The van der Waals surface area contributed by atoms with Crippen LogP contribution in [0.1, 0.15) is 5.56 Å². The molecule has 15 heavy (non-hydrogen) atoms. The Hall–Kier alpha value is -1.61. The van der Waals surface area contributed by atoms with Crippen LogP contribution < -0.4 is 0 Å². The topological polar surface area (TPSA) is 17.8 Å². The summed E-state index contributed by atoms with van der Waals surface area (Å²) >= 11 is 1.72. The van der Waals surface area contributed by atoms with E-state index in [1.165, 1.54) is 10.3 Å². The monoisotopic (exact) mass is 214 g/mol. The number of nitrogens with zero attached hydrogens (tertiary/aromatic N) is 2. The van der Waals surface area contributed by atoms with Gasteiger partial charge in [-0.15, -0.1) is 0 Å². The van der Waals surface area contributed by atoms with Gasteiger partial charge >= 0.3 is 0 Å². The predicted octanol–water partition coefficient (Wildman–Crippen LogP) is 3.40. The van der Waals surface area contributed by atoms with E-state index in [-0.39, 0.29) is 0 Å². The van der Waals surface area contributed by atoms with Crippen molar-refractivity contribution < 1.29 is 0 Å². The second-order valence-electron chi connectivity index (χ2n) is 3.56. The number of rotatable bonds is 1. The van der Waals surface area contributed by atoms with Crippen molar-refractivity contribution in [3.05, 3.63) is 48.3 Å². The van der Waals surface area contributed by atoms with Crippen molar-refractivity contribution in [2.75, 3.05) is 0 Å². The van der Waals surface area contributed by atoms with E-state index in [9.17, 15) is 0 Å². The van der Waals surface area contributed by atoms with Crippen LogP contribution in [0.2, 0.25) is 0 Å². The zero-order chi connectivity index (χ0) is 10.3. The van der Waals surface area contributed by atoms with Gasteiger partial charge in [0.15, 0.2) is 5.13 Å². The van der Waals surface area contributed by atoms with Crippen LogP contribution in [0.5, 0.6) is 0 Å². The fourth-order valence-corrected chi connectivity index (χ4v) is 2.62. The van der Waals surface area contributed by atoms with Crippen LogP contribution in [0.25, 0.3) is 15.3 Å². The maximum absolute atomic E-state index is 4.58. The van der Waals surface area contributed by atoms with Crippen LogP contribution >= 0.6 is 11.3 Å². The Bertz CT molecular complexity index is 593. The number of hydrogen-bond donors (Lipinski definition) is 0. The molecule has 0 fully saturated rings. The summed E-state index contributed by atoms with van der Waals surface area (Å²) in [7, 11) is 0. The van der Waals surface area contributed by atoms with E-state index in [4.69, 9.17) is 0 Å². The molecule has 0 bridgehead atoms. The lowest BCUT2D eigenvalue weighted by Gasteiger charge is -1.92. The van der Waals surface area contributed by atoms with Crippen molar-refractivity contribution in [3.8, 4) is 5.13 Å². The fraction of sp³-hybridized carbons (Fsp3) is 0.0833. The van der Waals surface area contributed by atoms with Gasteiger partial charge in [-0.25, -0.2) is 4.98 Å². The van der Waals surface area contributed by atoms with E-state index in [2.05, 4.69) is 30.1 Å². The number of hydrogen-bond acceptors (Lipinski definition) is 2. The minimum atomic E-state index is 1.03. The van der Waals surface area contributed by atoms with Gasteiger partial charge in [0.1, 0.15) is 0 Å². The highest BCUT2D eigenvalue weighted by Gasteiger charge is 2.04. The summed E-state index contributed by atoms with van der Waals surface area (Å²) in [5, 5.41) is 1.03. The number of aryl methyl sites for hydroxylation is 1. The third kappa shape index (κ3) is 1.45. The maximum atomic E-state index is 4.58. The predicted molar refractivity (Wildman–Crippen MR) is 63.7 cm³/mol. The number of fused-ring (bicyclic) bond motifs is 1. The molecule has 2 aromatic heterocycles. The Morgan fingerprint density at radius 1 is 1.20 bits per heavy atom. The molecule has 0 amide bonds. The van der Waals surface area contributed by atoms with Gasteiger partial charge in [0, 0.05) is 12.4 Å². The number of aromatic nitrogens is 2. The minimum absolute atomic E-state index is 1.03. The molecule has 2 heterocycles. The van der Waals surface area contributed by atoms with Crippen LogP contribution in [-0.2, 0) is 0 Å². The van der Waals surface area contributed by atoms with Crippen molar-refractivity contribution in [1.29, 1.82) is 0 Å². The summed E-state index contributed by atoms with van der Waals surface area (Å²) in [6.45, 7) is 2.11. The molecular formula is C12H10N2S. The van der Waals surface area contributed by atoms with Crippen molar-refractivity contribution in [2.24, 2.45) is 0 Å². The van der Waals surface area contributed by atoms with E-state index in [0.717, 1.165) is 10.6 Å². The SMILES string of the molecule is Cc1ccc2nc(-n3cccc3)sc2c1. The molecule has 2 nitrogen and oxygen atoms in total.